The maximum absolute atomic E-state index is 12.3. The van der Waals surface area contributed by atoms with Crippen LogP contribution in [-0.4, -0.2) is 31.6 Å². The molecule has 0 heterocycles. The third kappa shape index (κ3) is 4.13. The van der Waals surface area contributed by atoms with Crippen LogP contribution in [0.1, 0.15) is 32.3 Å². The maximum atomic E-state index is 12.3. The van der Waals surface area contributed by atoms with E-state index in [0.717, 1.165) is 0 Å². The first-order valence-corrected chi connectivity index (χ1v) is 7.52. The van der Waals surface area contributed by atoms with Crippen molar-refractivity contribution < 1.29 is 19.1 Å². The lowest BCUT2D eigenvalue weighted by molar-refractivity contribution is -0.151. The number of esters is 1. The van der Waals surface area contributed by atoms with Gasteiger partial charge in [-0.3, -0.25) is 4.79 Å². The molecule has 1 rings (SSSR count). The summed E-state index contributed by atoms with van der Waals surface area (Å²) < 4.78 is 10.0. The van der Waals surface area contributed by atoms with E-state index in [1.165, 1.54) is 14.2 Å². The molecule has 0 spiro atoms. The third-order valence-corrected chi connectivity index (χ3v) is 4.00. The molecule has 0 saturated heterocycles. The maximum Gasteiger partial charge on any atom is 0.331 e. The summed E-state index contributed by atoms with van der Waals surface area (Å²) in [6, 6.07) is 5.08. The summed E-state index contributed by atoms with van der Waals surface area (Å²) in [5.41, 5.74) is -0.291. The second-order valence-electron chi connectivity index (χ2n) is 4.96. The Balaban J connectivity index is 2.91. The quantitative estimate of drug-likeness (QED) is 0.782. The molecule has 22 heavy (non-hydrogen) atoms. The molecule has 122 valence electrons. The number of carbonyl (C=O) groups excluding carboxylic acids is 2. The van der Waals surface area contributed by atoms with Crippen molar-refractivity contribution in [1.29, 1.82) is 0 Å². The van der Waals surface area contributed by atoms with Crippen LogP contribution in [0.3, 0.4) is 0 Å². The molecule has 0 aromatic heterocycles. The molecule has 0 unspecified atom stereocenters. The van der Waals surface area contributed by atoms with Crippen LogP contribution in [0, 0.1) is 0 Å². The van der Waals surface area contributed by atoms with Crippen LogP contribution in [0.4, 0.5) is 0 Å². The van der Waals surface area contributed by atoms with Crippen molar-refractivity contribution in [3.8, 4) is 5.75 Å². The lowest BCUT2D eigenvalue weighted by Crippen LogP contribution is -2.54. The molecule has 1 amide bonds. The van der Waals surface area contributed by atoms with Gasteiger partial charge in [-0.25, -0.2) is 4.79 Å². The fraction of sp³-hybridized carbons (Fsp3) is 0.500. The second-order valence-corrected chi connectivity index (χ2v) is 5.40. The van der Waals surface area contributed by atoms with Crippen molar-refractivity contribution >= 4 is 23.5 Å². The highest BCUT2D eigenvalue weighted by Crippen LogP contribution is 2.24. The SMILES string of the molecule is CCC(CC)(NC(=O)Cc1ccc(Cl)cc1OC)C(=O)OC. The predicted molar refractivity (Wildman–Crippen MR) is 85.2 cm³/mol. The molecule has 1 aromatic rings. The van der Waals surface area contributed by atoms with Crippen LogP contribution in [0.5, 0.6) is 5.75 Å². The summed E-state index contributed by atoms with van der Waals surface area (Å²) in [5.74, 6) is -0.164. The first-order chi connectivity index (χ1) is 10.4. The highest BCUT2D eigenvalue weighted by atomic mass is 35.5. The largest absolute Gasteiger partial charge is 0.496 e. The first-order valence-electron chi connectivity index (χ1n) is 7.14. The zero-order valence-electron chi connectivity index (χ0n) is 13.4. The van der Waals surface area contributed by atoms with Crippen molar-refractivity contribution in [3.05, 3.63) is 28.8 Å². The molecule has 0 aliphatic carbocycles. The van der Waals surface area contributed by atoms with Crippen molar-refractivity contribution in [1.82, 2.24) is 5.32 Å². The van der Waals surface area contributed by atoms with Gasteiger partial charge in [0.2, 0.25) is 5.91 Å². The van der Waals surface area contributed by atoms with Gasteiger partial charge < -0.3 is 14.8 Å². The Labute approximate surface area is 135 Å². The summed E-state index contributed by atoms with van der Waals surface area (Å²) in [6.07, 6.45) is 1.01. The van der Waals surface area contributed by atoms with Crippen LogP contribution in [-0.2, 0) is 20.7 Å². The van der Waals surface area contributed by atoms with Gasteiger partial charge in [0.25, 0.3) is 0 Å². The predicted octanol–water partition coefficient (Wildman–Crippen LogP) is 2.74. The van der Waals surface area contributed by atoms with Crippen LogP contribution in [0.25, 0.3) is 0 Å². The molecule has 0 aliphatic rings. The molecule has 0 bridgehead atoms. The number of halogens is 1. The number of rotatable bonds is 7. The highest BCUT2D eigenvalue weighted by molar-refractivity contribution is 6.30. The lowest BCUT2D eigenvalue weighted by Gasteiger charge is -2.29. The van der Waals surface area contributed by atoms with Gasteiger partial charge in [-0.15, -0.1) is 0 Å². The molecular weight excluding hydrogens is 306 g/mol. The third-order valence-electron chi connectivity index (χ3n) is 3.76. The minimum absolute atomic E-state index is 0.0963. The van der Waals surface area contributed by atoms with Gasteiger partial charge in [0, 0.05) is 10.6 Å². The standard InChI is InChI=1S/C16H22ClNO4/c1-5-16(6-2,15(20)22-4)18-14(19)9-11-7-8-12(17)10-13(11)21-3/h7-8,10H,5-6,9H2,1-4H3,(H,18,19). The van der Waals surface area contributed by atoms with E-state index in [1.807, 2.05) is 13.8 Å². The monoisotopic (exact) mass is 327 g/mol. The summed E-state index contributed by atoms with van der Waals surface area (Å²) in [7, 11) is 2.83. The van der Waals surface area contributed by atoms with Gasteiger partial charge in [0.15, 0.2) is 0 Å². The summed E-state index contributed by atoms with van der Waals surface area (Å²) in [5, 5.41) is 3.33. The molecular formula is C16H22ClNO4. The van der Waals surface area contributed by atoms with Gasteiger partial charge in [-0.2, -0.15) is 0 Å². The number of nitrogens with one attached hydrogen (secondary N) is 1. The molecule has 6 heteroatoms. The highest BCUT2D eigenvalue weighted by Gasteiger charge is 2.37. The van der Waals surface area contributed by atoms with Crippen molar-refractivity contribution in [3.63, 3.8) is 0 Å². The zero-order chi connectivity index (χ0) is 16.8. The Morgan fingerprint density at radius 3 is 2.36 bits per heavy atom. The molecule has 1 N–H and O–H groups in total. The van der Waals surface area contributed by atoms with Crippen LogP contribution in [0.15, 0.2) is 18.2 Å². The van der Waals surface area contributed by atoms with Crippen molar-refractivity contribution in [2.75, 3.05) is 14.2 Å². The van der Waals surface area contributed by atoms with Gasteiger partial charge in [0.1, 0.15) is 11.3 Å². The van der Waals surface area contributed by atoms with Gasteiger partial charge in [-0.1, -0.05) is 31.5 Å². The smallest absolute Gasteiger partial charge is 0.331 e. The van der Waals surface area contributed by atoms with E-state index in [0.29, 0.717) is 29.2 Å². The summed E-state index contributed by atoms with van der Waals surface area (Å²) in [6.45, 7) is 3.67. The molecule has 0 aliphatic heterocycles. The van der Waals surface area contributed by atoms with E-state index in [1.54, 1.807) is 18.2 Å². The fourth-order valence-corrected chi connectivity index (χ4v) is 2.47. The second kappa shape index (κ2) is 8.03. The number of amides is 1. The summed E-state index contributed by atoms with van der Waals surface area (Å²) in [4.78, 5) is 24.3. The number of hydrogen-bond acceptors (Lipinski definition) is 4. The topological polar surface area (TPSA) is 64.6 Å². The fourth-order valence-electron chi connectivity index (χ4n) is 2.31. The molecule has 1 aromatic carbocycles. The minimum atomic E-state index is -0.995. The van der Waals surface area contributed by atoms with E-state index in [-0.39, 0.29) is 12.3 Å². The average molecular weight is 328 g/mol. The van der Waals surface area contributed by atoms with E-state index in [2.05, 4.69) is 5.32 Å². The van der Waals surface area contributed by atoms with Crippen molar-refractivity contribution in [2.24, 2.45) is 0 Å². The average Bonchev–Trinajstić information content (AvgIpc) is 2.53. The number of benzene rings is 1. The molecule has 0 atom stereocenters. The number of ether oxygens (including phenoxy) is 2. The molecule has 0 radical (unpaired) electrons. The van der Waals surface area contributed by atoms with Gasteiger partial charge >= 0.3 is 5.97 Å². The first kappa shape index (κ1) is 18.3. The van der Waals surface area contributed by atoms with Crippen molar-refractivity contribution in [2.45, 2.75) is 38.6 Å². The normalized spacial score (nSPS) is 11.0. The molecule has 5 nitrogen and oxygen atoms in total. The molecule has 0 fully saturated rings. The van der Waals surface area contributed by atoms with Gasteiger partial charge in [0.05, 0.1) is 20.6 Å². The lowest BCUT2D eigenvalue weighted by atomic mass is 9.92. The van der Waals surface area contributed by atoms with E-state index >= 15 is 0 Å². The van der Waals surface area contributed by atoms with Crippen LogP contribution in [0.2, 0.25) is 5.02 Å². The Morgan fingerprint density at radius 2 is 1.86 bits per heavy atom. The number of methoxy groups -OCH3 is 2. The van der Waals surface area contributed by atoms with E-state index in [9.17, 15) is 9.59 Å². The minimum Gasteiger partial charge on any atom is -0.496 e. The number of carbonyl (C=O) groups is 2. The zero-order valence-corrected chi connectivity index (χ0v) is 14.1. The number of hydrogen-bond donors (Lipinski definition) is 1. The van der Waals surface area contributed by atoms with Crippen LogP contribution < -0.4 is 10.1 Å². The Morgan fingerprint density at radius 1 is 1.23 bits per heavy atom. The van der Waals surface area contributed by atoms with Gasteiger partial charge in [-0.05, 0) is 25.0 Å². The Bertz CT molecular complexity index is 541. The van der Waals surface area contributed by atoms with E-state index in [4.69, 9.17) is 21.1 Å². The Hall–Kier alpha value is -1.75. The van der Waals surface area contributed by atoms with E-state index < -0.39 is 11.5 Å². The van der Waals surface area contributed by atoms with Crippen LogP contribution >= 0.6 is 11.6 Å². The summed E-state index contributed by atoms with van der Waals surface area (Å²) >= 11 is 5.90. The Kier molecular flexibility index (Phi) is 6.68. The molecule has 0 saturated carbocycles.